The van der Waals surface area contributed by atoms with E-state index in [2.05, 4.69) is 15.8 Å². The lowest BCUT2D eigenvalue weighted by Crippen LogP contribution is -2.45. The molecule has 2 saturated carbocycles. The summed E-state index contributed by atoms with van der Waals surface area (Å²) in [5.74, 6) is 0.958. The Labute approximate surface area is 141 Å². The van der Waals surface area contributed by atoms with E-state index in [1.165, 1.54) is 0 Å². The van der Waals surface area contributed by atoms with Gasteiger partial charge in [0.05, 0.1) is 0 Å². The minimum absolute atomic E-state index is 0.0141. The van der Waals surface area contributed by atoms with Gasteiger partial charge < -0.3 is 20.9 Å². The van der Waals surface area contributed by atoms with Crippen molar-refractivity contribution in [1.29, 1.82) is 0 Å². The summed E-state index contributed by atoms with van der Waals surface area (Å²) < 4.78 is 5.22. The number of carbonyl (C=O) groups excluding carboxylic acids is 2. The van der Waals surface area contributed by atoms with Crippen LogP contribution in [-0.2, 0) is 4.79 Å². The van der Waals surface area contributed by atoms with Crippen molar-refractivity contribution < 1.29 is 14.1 Å². The van der Waals surface area contributed by atoms with Crippen molar-refractivity contribution in [2.75, 3.05) is 6.54 Å². The van der Waals surface area contributed by atoms with Gasteiger partial charge in [-0.2, -0.15) is 0 Å². The highest BCUT2D eigenvalue weighted by Crippen LogP contribution is 2.40. The molecule has 4 N–H and O–H groups in total. The topological polar surface area (TPSA) is 110 Å². The lowest BCUT2D eigenvalue weighted by molar-refractivity contribution is -0.125. The Morgan fingerprint density at radius 2 is 1.83 bits per heavy atom. The summed E-state index contributed by atoms with van der Waals surface area (Å²) >= 11 is 0. The zero-order valence-electron chi connectivity index (χ0n) is 14.1. The minimum atomic E-state index is -0.171. The van der Waals surface area contributed by atoms with Crippen molar-refractivity contribution in [2.45, 2.75) is 63.5 Å². The second-order valence-electron chi connectivity index (χ2n) is 7.06. The summed E-state index contributed by atoms with van der Waals surface area (Å²) in [5.41, 5.74) is 5.88. The van der Waals surface area contributed by atoms with E-state index in [0.717, 1.165) is 44.3 Å². The standard InChI is InChI=1S/C17H26N4O3/c1-10(9-18)16(22)19-12-4-6-13(7-5-12)20-17(23)14-8-15(24-21-14)11-2-3-11/h8,10-13H,2-7,9,18H2,1H3,(H,19,22)(H,20,23). The number of hydrogen-bond acceptors (Lipinski definition) is 5. The van der Waals surface area contributed by atoms with Gasteiger partial charge in [0.25, 0.3) is 5.91 Å². The first kappa shape index (κ1) is 17.0. The van der Waals surface area contributed by atoms with Gasteiger partial charge in [0.1, 0.15) is 5.76 Å². The van der Waals surface area contributed by atoms with Gasteiger partial charge >= 0.3 is 0 Å². The molecular formula is C17H26N4O3. The average Bonchev–Trinajstić information content (AvgIpc) is 3.32. The Kier molecular flexibility index (Phi) is 5.18. The molecule has 2 amide bonds. The van der Waals surface area contributed by atoms with Crippen LogP contribution in [0.2, 0.25) is 0 Å². The fourth-order valence-electron chi connectivity index (χ4n) is 3.05. The summed E-state index contributed by atoms with van der Waals surface area (Å²) in [6.45, 7) is 2.19. The number of nitrogens with zero attached hydrogens (tertiary/aromatic N) is 1. The van der Waals surface area contributed by atoms with Gasteiger partial charge in [0.15, 0.2) is 5.69 Å². The van der Waals surface area contributed by atoms with Crippen molar-refractivity contribution in [3.05, 3.63) is 17.5 Å². The highest BCUT2D eigenvalue weighted by molar-refractivity contribution is 5.92. The molecule has 0 saturated heterocycles. The van der Waals surface area contributed by atoms with Gasteiger partial charge in [-0.05, 0) is 38.5 Å². The van der Waals surface area contributed by atoms with E-state index in [9.17, 15) is 9.59 Å². The van der Waals surface area contributed by atoms with Crippen LogP contribution in [0.25, 0.3) is 0 Å². The maximum Gasteiger partial charge on any atom is 0.273 e. The maximum absolute atomic E-state index is 12.2. The highest BCUT2D eigenvalue weighted by Gasteiger charge is 2.30. The Bertz CT molecular complexity index is 588. The number of rotatable bonds is 6. The Morgan fingerprint density at radius 1 is 1.21 bits per heavy atom. The average molecular weight is 334 g/mol. The van der Waals surface area contributed by atoms with E-state index in [-0.39, 0.29) is 29.8 Å². The van der Waals surface area contributed by atoms with Crippen molar-refractivity contribution in [2.24, 2.45) is 11.7 Å². The first-order valence-corrected chi connectivity index (χ1v) is 8.84. The van der Waals surface area contributed by atoms with Crippen molar-refractivity contribution in [3.63, 3.8) is 0 Å². The molecule has 0 aliphatic heterocycles. The quantitative estimate of drug-likeness (QED) is 0.726. The molecule has 24 heavy (non-hydrogen) atoms. The van der Waals surface area contributed by atoms with Crippen LogP contribution < -0.4 is 16.4 Å². The monoisotopic (exact) mass is 334 g/mol. The van der Waals surface area contributed by atoms with Gasteiger partial charge in [-0.1, -0.05) is 12.1 Å². The minimum Gasteiger partial charge on any atom is -0.360 e. The lowest BCUT2D eigenvalue weighted by Gasteiger charge is -2.30. The second-order valence-corrected chi connectivity index (χ2v) is 7.06. The Morgan fingerprint density at radius 3 is 2.42 bits per heavy atom. The second kappa shape index (κ2) is 7.34. The fourth-order valence-corrected chi connectivity index (χ4v) is 3.05. The first-order valence-electron chi connectivity index (χ1n) is 8.84. The third kappa shape index (κ3) is 4.14. The van der Waals surface area contributed by atoms with Crippen LogP contribution in [0.15, 0.2) is 10.6 Å². The highest BCUT2D eigenvalue weighted by atomic mass is 16.5. The molecule has 1 aromatic rings. The largest absolute Gasteiger partial charge is 0.360 e. The SMILES string of the molecule is CC(CN)C(=O)NC1CCC(NC(=O)c2cc(C3CC3)on2)CC1. The molecule has 0 spiro atoms. The third-order valence-corrected chi connectivity index (χ3v) is 4.95. The van der Waals surface area contributed by atoms with Crippen LogP contribution in [0, 0.1) is 5.92 Å². The summed E-state index contributed by atoms with van der Waals surface area (Å²) in [4.78, 5) is 24.1. The zero-order valence-corrected chi connectivity index (χ0v) is 14.1. The number of nitrogens with two attached hydrogens (primary N) is 1. The molecule has 2 aliphatic rings. The summed E-state index contributed by atoms with van der Waals surface area (Å²) in [5, 5.41) is 9.93. The number of amides is 2. The van der Waals surface area contributed by atoms with Crippen LogP contribution in [0.1, 0.15) is 67.6 Å². The van der Waals surface area contributed by atoms with Crippen LogP contribution in [-0.4, -0.2) is 35.6 Å². The van der Waals surface area contributed by atoms with E-state index in [0.29, 0.717) is 18.2 Å². The van der Waals surface area contributed by atoms with Crippen molar-refractivity contribution in [1.82, 2.24) is 15.8 Å². The molecule has 1 heterocycles. The van der Waals surface area contributed by atoms with E-state index < -0.39 is 0 Å². The molecule has 0 radical (unpaired) electrons. The van der Waals surface area contributed by atoms with E-state index >= 15 is 0 Å². The molecule has 7 heteroatoms. The van der Waals surface area contributed by atoms with Gasteiger partial charge in [0, 0.05) is 36.5 Å². The summed E-state index contributed by atoms with van der Waals surface area (Å²) in [7, 11) is 0. The van der Waals surface area contributed by atoms with Crippen LogP contribution in [0.3, 0.4) is 0 Å². The summed E-state index contributed by atoms with van der Waals surface area (Å²) in [6, 6.07) is 2.05. The maximum atomic E-state index is 12.2. The fraction of sp³-hybridized carbons (Fsp3) is 0.706. The first-order chi connectivity index (χ1) is 11.6. The van der Waals surface area contributed by atoms with Crippen LogP contribution >= 0.6 is 0 Å². The molecule has 1 aromatic heterocycles. The number of hydrogen-bond donors (Lipinski definition) is 3. The predicted molar refractivity (Wildman–Crippen MR) is 88.3 cm³/mol. The molecule has 3 rings (SSSR count). The molecule has 0 bridgehead atoms. The van der Waals surface area contributed by atoms with E-state index in [1.54, 1.807) is 6.07 Å². The Hall–Kier alpha value is -1.89. The molecule has 2 aliphatic carbocycles. The molecule has 132 valence electrons. The Balaban J connectivity index is 1.43. The molecule has 7 nitrogen and oxygen atoms in total. The van der Waals surface area contributed by atoms with E-state index in [4.69, 9.17) is 10.3 Å². The smallest absolute Gasteiger partial charge is 0.273 e. The third-order valence-electron chi connectivity index (χ3n) is 4.95. The normalized spacial score (nSPS) is 25.1. The van der Waals surface area contributed by atoms with Crippen LogP contribution in [0.4, 0.5) is 0 Å². The van der Waals surface area contributed by atoms with E-state index in [1.807, 2.05) is 6.92 Å². The molecule has 2 fully saturated rings. The molecule has 1 unspecified atom stereocenters. The van der Waals surface area contributed by atoms with Crippen molar-refractivity contribution in [3.8, 4) is 0 Å². The van der Waals surface area contributed by atoms with Gasteiger partial charge in [-0.15, -0.1) is 0 Å². The molecule has 1 atom stereocenters. The van der Waals surface area contributed by atoms with Gasteiger partial charge in [-0.25, -0.2) is 0 Å². The molecule has 0 aromatic carbocycles. The lowest BCUT2D eigenvalue weighted by atomic mass is 9.90. The predicted octanol–water partition coefficient (Wildman–Crippen LogP) is 1.30. The molecular weight excluding hydrogens is 308 g/mol. The number of nitrogens with one attached hydrogen (secondary N) is 2. The van der Waals surface area contributed by atoms with Crippen molar-refractivity contribution >= 4 is 11.8 Å². The van der Waals surface area contributed by atoms with Gasteiger partial charge in [0.2, 0.25) is 5.91 Å². The van der Waals surface area contributed by atoms with Crippen LogP contribution in [0.5, 0.6) is 0 Å². The number of aromatic nitrogens is 1. The summed E-state index contributed by atoms with van der Waals surface area (Å²) in [6.07, 6.45) is 5.66. The van der Waals surface area contributed by atoms with Gasteiger partial charge in [-0.3, -0.25) is 9.59 Å². The number of carbonyl (C=O) groups is 2. The zero-order chi connectivity index (χ0) is 17.1.